The molecule has 0 aromatic heterocycles. The van der Waals surface area contributed by atoms with E-state index in [1.165, 1.54) is 4.31 Å². The average molecular weight is 431 g/mol. The monoisotopic (exact) mass is 430 g/mol. The van der Waals surface area contributed by atoms with E-state index < -0.39 is 10.0 Å². The second kappa shape index (κ2) is 7.67. The standard InChI is InChI=1S/C21H19ClN2O4S/c1-14-3-2-4-17-19(10-9-18(22)20(14)17)23-21(25)15-5-7-16(8-6-15)24-11-12-28-13-29(24,26)27/h2-10H,11-13H2,1H3,(H,23,25). The molecule has 0 spiro atoms. The number of hydrogen-bond donors (Lipinski definition) is 1. The van der Waals surface area contributed by atoms with Gasteiger partial charge in [0, 0.05) is 27.0 Å². The van der Waals surface area contributed by atoms with Gasteiger partial charge in [0.25, 0.3) is 15.9 Å². The lowest BCUT2D eigenvalue weighted by atomic mass is 10.0. The summed E-state index contributed by atoms with van der Waals surface area (Å²) < 4.78 is 30.6. The number of fused-ring (bicyclic) bond motifs is 1. The molecule has 1 aliphatic heterocycles. The van der Waals surface area contributed by atoms with Crippen LogP contribution in [0.5, 0.6) is 0 Å². The van der Waals surface area contributed by atoms with Crippen molar-refractivity contribution in [2.75, 3.05) is 28.7 Å². The van der Waals surface area contributed by atoms with Gasteiger partial charge >= 0.3 is 0 Å². The predicted molar refractivity (Wildman–Crippen MR) is 115 cm³/mol. The lowest BCUT2D eigenvalue weighted by Crippen LogP contribution is -2.41. The molecule has 0 radical (unpaired) electrons. The molecular weight excluding hydrogens is 412 g/mol. The number of anilines is 2. The zero-order chi connectivity index (χ0) is 20.6. The number of carbonyl (C=O) groups is 1. The van der Waals surface area contributed by atoms with Gasteiger partial charge < -0.3 is 10.1 Å². The quantitative estimate of drug-likeness (QED) is 0.676. The summed E-state index contributed by atoms with van der Waals surface area (Å²) in [5.74, 6) is -0.621. The molecule has 0 aliphatic carbocycles. The summed E-state index contributed by atoms with van der Waals surface area (Å²) >= 11 is 6.33. The molecule has 1 N–H and O–H groups in total. The van der Waals surface area contributed by atoms with Gasteiger partial charge in [-0.3, -0.25) is 9.10 Å². The third-order valence-electron chi connectivity index (χ3n) is 4.87. The second-order valence-corrected chi connectivity index (χ2v) is 9.05. The molecule has 0 saturated carbocycles. The van der Waals surface area contributed by atoms with Crippen LogP contribution >= 0.6 is 11.6 Å². The fraction of sp³-hybridized carbons (Fsp3) is 0.190. The zero-order valence-electron chi connectivity index (χ0n) is 15.7. The Morgan fingerprint density at radius 2 is 1.86 bits per heavy atom. The Labute approximate surface area is 174 Å². The van der Waals surface area contributed by atoms with E-state index >= 15 is 0 Å². The molecule has 1 aliphatic rings. The fourth-order valence-electron chi connectivity index (χ4n) is 3.43. The number of aryl methyl sites for hydroxylation is 1. The molecule has 1 amide bonds. The maximum Gasteiger partial charge on any atom is 0.259 e. The Bertz CT molecular complexity index is 1190. The Morgan fingerprint density at radius 1 is 1.10 bits per heavy atom. The van der Waals surface area contributed by atoms with Crippen molar-refractivity contribution < 1.29 is 17.9 Å². The Morgan fingerprint density at radius 3 is 2.59 bits per heavy atom. The first-order valence-corrected chi connectivity index (χ1v) is 11.0. The number of sulfonamides is 1. The third-order valence-corrected chi connectivity index (χ3v) is 6.72. The van der Waals surface area contributed by atoms with Crippen LogP contribution in [0.4, 0.5) is 11.4 Å². The number of benzene rings is 3. The highest BCUT2D eigenvalue weighted by Gasteiger charge is 2.26. The van der Waals surface area contributed by atoms with E-state index in [1.807, 2.05) is 25.1 Å². The molecule has 150 valence electrons. The minimum atomic E-state index is -3.49. The van der Waals surface area contributed by atoms with Gasteiger partial charge in [-0.2, -0.15) is 0 Å². The predicted octanol–water partition coefficient (Wildman–Crippen LogP) is 4.18. The Kier molecular flexibility index (Phi) is 5.21. The lowest BCUT2D eigenvalue weighted by Gasteiger charge is -2.28. The zero-order valence-corrected chi connectivity index (χ0v) is 17.3. The van der Waals surface area contributed by atoms with E-state index in [1.54, 1.807) is 36.4 Å². The van der Waals surface area contributed by atoms with Gasteiger partial charge in [-0.15, -0.1) is 0 Å². The molecule has 3 aromatic carbocycles. The maximum atomic E-state index is 12.7. The van der Waals surface area contributed by atoms with Crippen LogP contribution in [0.3, 0.4) is 0 Å². The van der Waals surface area contributed by atoms with Crippen molar-refractivity contribution in [3.8, 4) is 0 Å². The van der Waals surface area contributed by atoms with Crippen LogP contribution < -0.4 is 9.62 Å². The second-order valence-electron chi connectivity index (χ2n) is 6.80. The van der Waals surface area contributed by atoms with Crippen LogP contribution in [0.15, 0.2) is 54.6 Å². The van der Waals surface area contributed by atoms with Gasteiger partial charge in [-0.05, 0) is 48.9 Å². The molecule has 1 heterocycles. The highest BCUT2D eigenvalue weighted by Crippen LogP contribution is 2.32. The Hall–Kier alpha value is -2.61. The van der Waals surface area contributed by atoms with Crippen LogP contribution in [0.2, 0.25) is 5.02 Å². The van der Waals surface area contributed by atoms with E-state index in [0.29, 0.717) is 28.6 Å². The van der Waals surface area contributed by atoms with Crippen LogP contribution in [-0.2, 0) is 14.8 Å². The van der Waals surface area contributed by atoms with E-state index in [4.69, 9.17) is 16.3 Å². The number of rotatable bonds is 3. The molecule has 29 heavy (non-hydrogen) atoms. The summed E-state index contributed by atoms with van der Waals surface area (Å²) in [6, 6.07) is 15.8. The van der Waals surface area contributed by atoms with Gasteiger partial charge in [-0.25, -0.2) is 8.42 Å². The van der Waals surface area contributed by atoms with Crippen molar-refractivity contribution in [1.82, 2.24) is 0 Å². The van der Waals surface area contributed by atoms with Crippen molar-refractivity contribution in [3.05, 3.63) is 70.7 Å². The molecule has 1 fully saturated rings. The highest BCUT2D eigenvalue weighted by molar-refractivity contribution is 7.92. The van der Waals surface area contributed by atoms with E-state index in [2.05, 4.69) is 5.32 Å². The first-order chi connectivity index (χ1) is 13.9. The summed E-state index contributed by atoms with van der Waals surface area (Å²) in [6.45, 7) is 2.56. The van der Waals surface area contributed by atoms with Gasteiger partial charge in [0.15, 0.2) is 5.94 Å². The molecule has 0 unspecified atom stereocenters. The van der Waals surface area contributed by atoms with Gasteiger partial charge in [0.05, 0.1) is 18.8 Å². The number of hydrogen-bond acceptors (Lipinski definition) is 4. The number of ether oxygens (including phenoxy) is 1. The summed E-state index contributed by atoms with van der Waals surface area (Å²) in [7, 11) is -3.49. The maximum absolute atomic E-state index is 12.7. The number of halogens is 1. The molecule has 8 heteroatoms. The van der Waals surface area contributed by atoms with Crippen LogP contribution in [0.1, 0.15) is 15.9 Å². The summed E-state index contributed by atoms with van der Waals surface area (Å²) in [5.41, 5.74) is 2.63. The van der Waals surface area contributed by atoms with Crippen molar-refractivity contribution in [3.63, 3.8) is 0 Å². The summed E-state index contributed by atoms with van der Waals surface area (Å²) in [4.78, 5) is 12.7. The third kappa shape index (κ3) is 3.81. The van der Waals surface area contributed by atoms with E-state index in [-0.39, 0.29) is 18.4 Å². The van der Waals surface area contributed by atoms with Gasteiger partial charge in [0.1, 0.15) is 0 Å². The minimum absolute atomic E-state index is 0.254. The molecule has 0 bridgehead atoms. The largest absolute Gasteiger partial charge is 0.362 e. The van der Waals surface area contributed by atoms with Gasteiger partial charge in [-0.1, -0.05) is 29.8 Å². The first-order valence-electron chi connectivity index (χ1n) is 9.04. The fourth-order valence-corrected chi connectivity index (χ4v) is 4.99. The summed E-state index contributed by atoms with van der Waals surface area (Å²) in [6.07, 6.45) is 0. The molecule has 0 atom stereocenters. The van der Waals surface area contributed by atoms with Crippen molar-refractivity contribution >= 4 is 49.7 Å². The van der Waals surface area contributed by atoms with Crippen molar-refractivity contribution in [2.24, 2.45) is 0 Å². The number of nitrogens with one attached hydrogen (secondary N) is 1. The van der Waals surface area contributed by atoms with E-state index in [9.17, 15) is 13.2 Å². The normalized spacial score (nSPS) is 16.0. The lowest BCUT2D eigenvalue weighted by molar-refractivity contribution is 0.102. The number of carbonyl (C=O) groups excluding carboxylic acids is 1. The minimum Gasteiger partial charge on any atom is -0.362 e. The molecule has 1 saturated heterocycles. The van der Waals surface area contributed by atoms with Crippen LogP contribution in [-0.4, -0.2) is 33.4 Å². The average Bonchev–Trinajstić information content (AvgIpc) is 2.70. The van der Waals surface area contributed by atoms with Gasteiger partial charge in [0.2, 0.25) is 0 Å². The smallest absolute Gasteiger partial charge is 0.259 e. The number of amides is 1. The SMILES string of the molecule is Cc1cccc2c(NC(=O)c3ccc(N4CCOCS4(=O)=O)cc3)ccc(Cl)c12. The summed E-state index contributed by atoms with van der Waals surface area (Å²) in [5, 5.41) is 5.32. The molecule has 6 nitrogen and oxygen atoms in total. The Balaban J connectivity index is 1.59. The molecule has 4 rings (SSSR count). The van der Waals surface area contributed by atoms with Crippen molar-refractivity contribution in [2.45, 2.75) is 6.92 Å². The number of nitrogens with zero attached hydrogens (tertiary/aromatic N) is 1. The van der Waals surface area contributed by atoms with Crippen LogP contribution in [0.25, 0.3) is 10.8 Å². The topological polar surface area (TPSA) is 75.7 Å². The van der Waals surface area contributed by atoms with Crippen LogP contribution in [0, 0.1) is 6.92 Å². The molecular formula is C21H19ClN2O4S. The van der Waals surface area contributed by atoms with E-state index in [0.717, 1.165) is 16.3 Å². The molecule has 3 aromatic rings. The highest BCUT2D eigenvalue weighted by atomic mass is 35.5. The first kappa shape index (κ1) is 19.7. The van der Waals surface area contributed by atoms with Crippen molar-refractivity contribution in [1.29, 1.82) is 0 Å².